The summed E-state index contributed by atoms with van der Waals surface area (Å²) in [5.74, 6) is -1.42. The first-order valence-electron chi connectivity index (χ1n) is 9.98. The van der Waals surface area contributed by atoms with E-state index in [2.05, 4.69) is 32.3 Å². The lowest BCUT2D eigenvalue weighted by molar-refractivity contribution is -0.0530. The first kappa shape index (κ1) is 28.2. The van der Waals surface area contributed by atoms with Crippen molar-refractivity contribution < 1.29 is 48.1 Å². The summed E-state index contributed by atoms with van der Waals surface area (Å²) in [6.45, 7) is -0.585. The number of aliphatic hydroxyl groups excluding tert-OH is 2. The minimum absolute atomic E-state index is 0.170. The average Bonchev–Trinajstić information content (AvgIpc) is 3.03. The second-order valence-electron chi connectivity index (χ2n) is 7.70. The van der Waals surface area contributed by atoms with Crippen molar-refractivity contribution in [3.63, 3.8) is 0 Å². The highest BCUT2D eigenvalue weighted by Crippen LogP contribution is 2.55. The molecular formula is C18H24IN3O11P2. The molecule has 0 bridgehead atoms. The second-order valence-corrected chi connectivity index (χ2v) is 12.9. The predicted molar refractivity (Wildman–Crippen MR) is 128 cm³/mol. The highest BCUT2D eigenvalue weighted by molar-refractivity contribution is 14.1. The number of hydrogen-bond donors (Lipinski definition) is 5. The molecule has 194 valence electrons. The average molecular weight is 647 g/mol. The van der Waals surface area contributed by atoms with Crippen LogP contribution in [0, 0.1) is 3.57 Å². The molecule has 1 aliphatic rings. The monoisotopic (exact) mass is 647 g/mol. The summed E-state index contributed by atoms with van der Waals surface area (Å²) in [5, 5.41) is 24.5. The van der Waals surface area contributed by atoms with E-state index in [0.29, 0.717) is 0 Å². The molecule has 1 saturated heterocycles. The summed E-state index contributed by atoms with van der Waals surface area (Å²) in [7, 11) is -8.13. The first-order valence-corrected chi connectivity index (χ1v) is 14.6. The number of ether oxygens (including phenoxy) is 1. The Hall–Kier alpha value is -1.39. The van der Waals surface area contributed by atoms with Crippen molar-refractivity contribution in [3.05, 3.63) is 61.6 Å². The van der Waals surface area contributed by atoms with Gasteiger partial charge in [-0.1, -0.05) is 17.3 Å². The quantitative estimate of drug-likeness (QED) is 0.137. The van der Waals surface area contributed by atoms with Crippen molar-refractivity contribution >= 4 is 37.8 Å². The molecule has 0 amide bonds. The van der Waals surface area contributed by atoms with E-state index < -0.39 is 57.9 Å². The van der Waals surface area contributed by atoms with Gasteiger partial charge in [0.15, 0.2) is 17.6 Å². The minimum Gasteiger partial charge on any atom is -0.389 e. The number of nitrogens with zero attached hydrogens (tertiary/aromatic N) is 3. The molecule has 0 saturated carbocycles. The van der Waals surface area contributed by atoms with Gasteiger partial charge in [-0.15, -0.1) is 0 Å². The second kappa shape index (κ2) is 11.3. The summed E-state index contributed by atoms with van der Waals surface area (Å²) >= 11 is 2.18. The molecule has 1 aromatic heterocycles. The number of hydrogen-bond acceptors (Lipinski definition) is 9. The zero-order chi connectivity index (χ0) is 26.0. The molecule has 0 aliphatic carbocycles. The summed E-state index contributed by atoms with van der Waals surface area (Å²) in [6.07, 6.45) is -4.69. The van der Waals surface area contributed by atoms with E-state index in [1.807, 2.05) is 24.3 Å². The van der Waals surface area contributed by atoms with E-state index in [0.717, 1.165) is 18.3 Å². The zero-order valence-electron chi connectivity index (χ0n) is 18.2. The Labute approximate surface area is 212 Å². The van der Waals surface area contributed by atoms with E-state index >= 15 is 0 Å². The number of aliphatic hydroxyl groups is 2. The number of benzene rings is 1. The van der Waals surface area contributed by atoms with Crippen LogP contribution in [0.3, 0.4) is 0 Å². The molecule has 0 radical (unpaired) electrons. The largest absolute Gasteiger partial charge is 0.389 e. The lowest BCUT2D eigenvalue weighted by Gasteiger charge is -2.19. The molecule has 1 aromatic carbocycles. The SMILES string of the molecule is Cn1c(=NOCc2ccc(I)cc2)ccn([C@@H]2O[C@H](COP(=O)(O)CP(=O)(O)O)[C@@H](O)[C@H]2O)c1=O. The topological polar surface area (TPSA) is 202 Å². The summed E-state index contributed by atoms with van der Waals surface area (Å²) in [5.41, 5.74) is 0.378. The lowest BCUT2D eigenvalue weighted by Crippen LogP contribution is -2.42. The van der Waals surface area contributed by atoms with Gasteiger partial charge in [0.1, 0.15) is 24.9 Å². The molecule has 5 atom stereocenters. The molecule has 35 heavy (non-hydrogen) atoms. The Kier molecular flexibility index (Phi) is 9.13. The first-order chi connectivity index (χ1) is 16.3. The Morgan fingerprint density at radius 3 is 2.40 bits per heavy atom. The van der Waals surface area contributed by atoms with Gasteiger partial charge in [0.05, 0.1) is 6.61 Å². The number of rotatable bonds is 9. The molecule has 2 aromatic rings. The van der Waals surface area contributed by atoms with Gasteiger partial charge in [-0.25, -0.2) is 4.79 Å². The molecule has 1 fully saturated rings. The molecule has 2 heterocycles. The van der Waals surface area contributed by atoms with Crippen molar-refractivity contribution in [3.8, 4) is 0 Å². The van der Waals surface area contributed by atoms with E-state index in [1.54, 1.807) is 0 Å². The van der Waals surface area contributed by atoms with Crippen molar-refractivity contribution in [2.75, 3.05) is 12.5 Å². The Morgan fingerprint density at radius 1 is 1.11 bits per heavy atom. The van der Waals surface area contributed by atoms with Gasteiger partial charge < -0.3 is 39.0 Å². The van der Waals surface area contributed by atoms with Crippen LogP contribution in [0.5, 0.6) is 0 Å². The highest BCUT2D eigenvalue weighted by atomic mass is 127. The fourth-order valence-corrected chi connectivity index (χ4v) is 6.12. The highest BCUT2D eigenvalue weighted by Gasteiger charge is 2.45. The molecule has 1 aliphatic heterocycles. The van der Waals surface area contributed by atoms with E-state index in [4.69, 9.17) is 19.4 Å². The Morgan fingerprint density at radius 2 is 1.77 bits per heavy atom. The third-order valence-corrected chi connectivity index (χ3v) is 9.13. The fraction of sp³-hybridized carbons (Fsp3) is 0.444. The van der Waals surface area contributed by atoms with Gasteiger partial charge in [-0.2, -0.15) is 0 Å². The summed E-state index contributed by atoms with van der Waals surface area (Å²) in [6, 6.07) is 9.00. The van der Waals surface area contributed by atoms with Crippen LogP contribution in [0.2, 0.25) is 0 Å². The predicted octanol–water partition coefficient (Wildman–Crippen LogP) is -0.220. The van der Waals surface area contributed by atoms with Crippen molar-refractivity contribution in [2.24, 2.45) is 12.2 Å². The van der Waals surface area contributed by atoms with Crippen LogP contribution >= 0.6 is 37.8 Å². The van der Waals surface area contributed by atoms with Crippen LogP contribution in [0.1, 0.15) is 11.8 Å². The van der Waals surface area contributed by atoms with Crippen LogP contribution in [-0.4, -0.2) is 64.8 Å². The standard InChI is InChI=1S/C18H24IN3O11P2/c1-21-14(20-31-8-11-2-4-12(19)5-3-11)6-7-22(18(21)25)17-16(24)15(23)13(33-17)9-32-35(29,30)10-34(26,27)28/h2-7,13,15-17,23-24H,8-10H2,1H3,(H,29,30)(H2,26,27,28)/t13-,15-,16-,17-/m1/s1. The summed E-state index contributed by atoms with van der Waals surface area (Å²) < 4.78 is 36.1. The molecule has 14 nitrogen and oxygen atoms in total. The fourth-order valence-electron chi connectivity index (χ4n) is 3.19. The van der Waals surface area contributed by atoms with Gasteiger partial charge in [-0.05, 0) is 40.3 Å². The molecular weight excluding hydrogens is 623 g/mol. The van der Waals surface area contributed by atoms with Gasteiger partial charge in [-0.3, -0.25) is 18.3 Å². The Bertz CT molecular complexity index is 1260. The maximum Gasteiger partial charge on any atom is 0.340 e. The molecule has 3 rings (SSSR count). The molecule has 5 N–H and O–H groups in total. The Balaban J connectivity index is 1.70. The maximum absolute atomic E-state index is 12.8. The molecule has 17 heteroatoms. The van der Waals surface area contributed by atoms with E-state index in [9.17, 15) is 29.0 Å². The van der Waals surface area contributed by atoms with Crippen molar-refractivity contribution in [1.82, 2.24) is 9.13 Å². The van der Waals surface area contributed by atoms with Gasteiger partial charge in [0.25, 0.3) is 0 Å². The van der Waals surface area contributed by atoms with Crippen molar-refractivity contribution in [1.29, 1.82) is 0 Å². The van der Waals surface area contributed by atoms with Gasteiger partial charge in [0.2, 0.25) is 0 Å². The van der Waals surface area contributed by atoms with E-state index in [1.165, 1.54) is 19.3 Å². The minimum atomic E-state index is -4.84. The van der Waals surface area contributed by atoms with Crippen LogP contribution in [0.4, 0.5) is 0 Å². The van der Waals surface area contributed by atoms with Crippen LogP contribution < -0.4 is 11.2 Å². The van der Waals surface area contributed by atoms with Gasteiger partial charge >= 0.3 is 20.9 Å². The smallest absolute Gasteiger partial charge is 0.340 e. The normalized spacial score (nSPS) is 24.9. The zero-order valence-corrected chi connectivity index (χ0v) is 22.1. The number of halogens is 1. The van der Waals surface area contributed by atoms with Crippen LogP contribution in [0.25, 0.3) is 0 Å². The van der Waals surface area contributed by atoms with Crippen molar-refractivity contribution in [2.45, 2.75) is 31.1 Å². The number of aromatic nitrogens is 2. The summed E-state index contributed by atoms with van der Waals surface area (Å²) in [4.78, 5) is 45.4. The molecule has 0 spiro atoms. The van der Waals surface area contributed by atoms with Crippen LogP contribution in [0.15, 0.2) is 46.5 Å². The lowest BCUT2D eigenvalue weighted by atomic mass is 10.1. The van der Waals surface area contributed by atoms with E-state index in [-0.39, 0.29) is 12.1 Å². The van der Waals surface area contributed by atoms with Crippen LogP contribution in [-0.2, 0) is 36.9 Å². The third kappa shape index (κ3) is 7.55. The molecule has 1 unspecified atom stereocenters. The maximum atomic E-state index is 12.8. The van der Waals surface area contributed by atoms with Gasteiger partial charge in [0, 0.05) is 22.9 Å². The third-order valence-electron chi connectivity index (χ3n) is 4.95.